The van der Waals surface area contributed by atoms with Crippen molar-refractivity contribution in [2.75, 3.05) is 39.8 Å². The highest BCUT2D eigenvalue weighted by Crippen LogP contribution is 2.25. The van der Waals surface area contributed by atoms with Crippen molar-refractivity contribution in [3.05, 3.63) is 30.5 Å². The van der Waals surface area contributed by atoms with Crippen molar-refractivity contribution < 1.29 is 9.84 Å². The van der Waals surface area contributed by atoms with Crippen molar-refractivity contribution in [2.45, 2.75) is 32.4 Å². The second-order valence-corrected chi connectivity index (χ2v) is 7.33. The molecule has 0 amide bonds. The van der Waals surface area contributed by atoms with Crippen LogP contribution in [0, 0.1) is 5.92 Å². The molecule has 5 nitrogen and oxygen atoms in total. The largest absolute Gasteiger partial charge is 0.490 e. The van der Waals surface area contributed by atoms with Gasteiger partial charge in [0.05, 0.1) is 0 Å². The Morgan fingerprint density at radius 2 is 2.24 bits per heavy atom. The summed E-state index contributed by atoms with van der Waals surface area (Å²) in [5, 5.41) is 11.5. The molecule has 1 aromatic carbocycles. The Labute approximate surface area is 150 Å². The normalized spacial score (nSPS) is 23.2. The van der Waals surface area contributed by atoms with Crippen LogP contribution in [0.2, 0.25) is 0 Å². The summed E-state index contributed by atoms with van der Waals surface area (Å²) in [4.78, 5) is 8.00. The van der Waals surface area contributed by atoms with E-state index in [1.807, 2.05) is 30.5 Å². The maximum absolute atomic E-state index is 10.4. The molecule has 3 rings (SSSR count). The number of nitrogens with one attached hydrogen (secondary N) is 1. The van der Waals surface area contributed by atoms with E-state index in [9.17, 15) is 5.11 Å². The van der Waals surface area contributed by atoms with Crippen molar-refractivity contribution in [3.63, 3.8) is 0 Å². The zero-order valence-electron chi connectivity index (χ0n) is 15.6. The van der Waals surface area contributed by atoms with Crippen LogP contribution in [0.15, 0.2) is 30.5 Å². The van der Waals surface area contributed by atoms with Gasteiger partial charge in [0.1, 0.15) is 18.5 Å². The average molecular weight is 345 g/mol. The standard InChI is InChI=1S/C20H31N3O2/c1-4-23-11-9-19(15(2)12-23)22(3)13-16(24)14-25-20-7-5-6-18-17(20)8-10-21-18/h5-8,10,15-16,19,21,24H,4,9,11-14H2,1-3H3. The van der Waals surface area contributed by atoms with E-state index in [0.29, 0.717) is 25.1 Å². The number of H-pyrrole nitrogens is 1. The molecule has 1 saturated heterocycles. The van der Waals surface area contributed by atoms with Gasteiger partial charge in [0.2, 0.25) is 0 Å². The number of aromatic amines is 1. The summed E-state index contributed by atoms with van der Waals surface area (Å²) in [5.74, 6) is 1.45. The fourth-order valence-electron chi connectivity index (χ4n) is 4.05. The summed E-state index contributed by atoms with van der Waals surface area (Å²) in [6, 6.07) is 8.49. The van der Waals surface area contributed by atoms with E-state index in [-0.39, 0.29) is 0 Å². The van der Waals surface area contributed by atoms with Gasteiger partial charge in [0.25, 0.3) is 0 Å². The highest BCUT2D eigenvalue weighted by atomic mass is 16.5. The molecular weight excluding hydrogens is 314 g/mol. The number of piperidine rings is 1. The maximum Gasteiger partial charge on any atom is 0.128 e. The minimum absolute atomic E-state index is 0.316. The lowest BCUT2D eigenvalue weighted by molar-refractivity contribution is 0.0294. The number of ether oxygens (including phenoxy) is 1. The van der Waals surface area contributed by atoms with Gasteiger partial charge in [0, 0.05) is 36.2 Å². The minimum atomic E-state index is -0.490. The molecule has 2 aromatic rings. The zero-order valence-corrected chi connectivity index (χ0v) is 15.6. The molecule has 2 heterocycles. The SMILES string of the molecule is CCN1CCC(N(C)CC(O)COc2cccc3[nH]ccc23)C(C)C1. The summed E-state index contributed by atoms with van der Waals surface area (Å²) >= 11 is 0. The molecule has 138 valence electrons. The molecule has 0 bridgehead atoms. The fraction of sp³-hybridized carbons (Fsp3) is 0.600. The first-order valence-corrected chi connectivity index (χ1v) is 9.38. The highest BCUT2D eigenvalue weighted by molar-refractivity contribution is 5.85. The van der Waals surface area contributed by atoms with Gasteiger partial charge in [0.15, 0.2) is 0 Å². The summed E-state index contributed by atoms with van der Waals surface area (Å²) in [5.41, 5.74) is 1.06. The average Bonchev–Trinajstić information content (AvgIpc) is 3.08. The van der Waals surface area contributed by atoms with Crippen LogP contribution < -0.4 is 4.74 Å². The molecule has 1 aromatic heterocycles. The van der Waals surface area contributed by atoms with E-state index in [1.165, 1.54) is 6.42 Å². The molecule has 1 aliphatic rings. The van der Waals surface area contributed by atoms with Gasteiger partial charge in [-0.25, -0.2) is 0 Å². The lowest BCUT2D eigenvalue weighted by atomic mass is 9.92. The number of likely N-dealkylation sites (tertiary alicyclic amines) is 1. The molecule has 25 heavy (non-hydrogen) atoms. The first-order chi connectivity index (χ1) is 12.1. The van der Waals surface area contributed by atoms with Crippen LogP contribution in [0.3, 0.4) is 0 Å². The van der Waals surface area contributed by atoms with Gasteiger partial charge < -0.3 is 24.6 Å². The predicted octanol–water partition coefficient (Wildman–Crippen LogP) is 2.57. The van der Waals surface area contributed by atoms with Crippen LogP contribution >= 0.6 is 0 Å². The number of hydrogen-bond acceptors (Lipinski definition) is 4. The molecule has 0 aliphatic carbocycles. The third kappa shape index (κ3) is 4.35. The molecular formula is C20H31N3O2. The van der Waals surface area contributed by atoms with Crippen molar-refractivity contribution >= 4 is 10.9 Å². The van der Waals surface area contributed by atoms with E-state index in [0.717, 1.165) is 36.3 Å². The highest BCUT2D eigenvalue weighted by Gasteiger charge is 2.29. The Kier molecular flexibility index (Phi) is 5.99. The molecule has 1 aliphatic heterocycles. The van der Waals surface area contributed by atoms with E-state index in [2.05, 4.69) is 35.7 Å². The van der Waals surface area contributed by atoms with Gasteiger partial charge in [-0.05, 0) is 50.7 Å². The van der Waals surface area contributed by atoms with Crippen molar-refractivity contribution in [3.8, 4) is 5.75 Å². The predicted molar refractivity (Wildman–Crippen MR) is 102 cm³/mol. The molecule has 2 N–H and O–H groups in total. The third-order valence-corrected chi connectivity index (χ3v) is 5.44. The van der Waals surface area contributed by atoms with Crippen molar-refractivity contribution in [1.29, 1.82) is 0 Å². The van der Waals surface area contributed by atoms with Crippen LogP contribution in [-0.2, 0) is 0 Å². The molecule has 1 fully saturated rings. The van der Waals surface area contributed by atoms with E-state index in [1.54, 1.807) is 0 Å². The number of hydrogen-bond donors (Lipinski definition) is 2. The number of fused-ring (bicyclic) bond motifs is 1. The molecule has 3 unspecified atom stereocenters. The van der Waals surface area contributed by atoms with Gasteiger partial charge in [-0.1, -0.05) is 19.9 Å². The number of benzene rings is 1. The van der Waals surface area contributed by atoms with Crippen molar-refractivity contribution in [1.82, 2.24) is 14.8 Å². The smallest absolute Gasteiger partial charge is 0.128 e. The monoisotopic (exact) mass is 345 g/mol. The number of aromatic nitrogens is 1. The first kappa shape index (κ1) is 18.2. The Morgan fingerprint density at radius 1 is 1.40 bits per heavy atom. The van der Waals surface area contributed by atoms with Crippen LogP contribution in [0.1, 0.15) is 20.3 Å². The fourth-order valence-corrected chi connectivity index (χ4v) is 4.05. The summed E-state index contributed by atoms with van der Waals surface area (Å²) in [6.45, 7) is 8.93. The maximum atomic E-state index is 10.4. The molecule has 0 saturated carbocycles. The summed E-state index contributed by atoms with van der Waals surface area (Å²) in [6.07, 6.45) is 2.59. The Hall–Kier alpha value is -1.56. The third-order valence-electron chi connectivity index (χ3n) is 5.44. The zero-order chi connectivity index (χ0) is 17.8. The van der Waals surface area contributed by atoms with Crippen molar-refractivity contribution in [2.24, 2.45) is 5.92 Å². The van der Waals surface area contributed by atoms with Gasteiger partial charge in [-0.2, -0.15) is 0 Å². The molecule has 0 radical (unpaired) electrons. The molecule has 3 atom stereocenters. The Balaban J connectivity index is 1.50. The topological polar surface area (TPSA) is 51.7 Å². The van der Waals surface area contributed by atoms with Gasteiger partial charge in [-0.3, -0.25) is 0 Å². The van der Waals surface area contributed by atoms with Crippen LogP contribution in [0.4, 0.5) is 0 Å². The number of aliphatic hydroxyl groups excluding tert-OH is 1. The second-order valence-electron chi connectivity index (χ2n) is 7.33. The van der Waals surface area contributed by atoms with Crippen LogP contribution in [0.5, 0.6) is 5.75 Å². The number of rotatable bonds is 7. The lowest BCUT2D eigenvalue weighted by Crippen LogP contribution is -2.50. The summed E-state index contributed by atoms with van der Waals surface area (Å²) < 4.78 is 5.88. The second kappa shape index (κ2) is 8.21. The van der Waals surface area contributed by atoms with Crippen LogP contribution in [-0.4, -0.2) is 71.9 Å². The summed E-state index contributed by atoms with van der Waals surface area (Å²) in [7, 11) is 2.12. The molecule has 5 heteroatoms. The lowest BCUT2D eigenvalue weighted by Gasteiger charge is -2.41. The van der Waals surface area contributed by atoms with E-state index in [4.69, 9.17) is 4.74 Å². The van der Waals surface area contributed by atoms with E-state index < -0.39 is 6.10 Å². The Morgan fingerprint density at radius 3 is 3.00 bits per heavy atom. The van der Waals surface area contributed by atoms with Crippen LogP contribution in [0.25, 0.3) is 10.9 Å². The quantitative estimate of drug-likeness (QED) is 0.810. The first-order valence-electron chi connectivity index (χ1n) is 9.38. The minimum Gasteiger partial charge on any atom is -0.490 e. The van der Waals surface area contributed by atoms with Gasteiger partial charge in [-0.15, -0.1) is 0 Å². The number of nitrogens with zero attached hydrogens (tertiary/aromatic N) is 2. The molecule has 0 spiro atoms. The Bertz CT molecular complexity index is 672. The number of likely N-dealkylation sites (N-methyl/N-ethyl adjacent to an activating group) is 1. The number of aliphatic hydroxyl groups is 1. The van der Waals surface area contributed by atoms with Gasteiger partial charge >= 0.3 is 0 Å². The van der Waals surface area contributed by atoms with E-state index >= 15 is 0 Å².